The van der Waals surface area contributed by atoms with Gasteiger partial charge >= 0.3 is 12.1 Å². The number of carbonyl (C=O) groups is 1. The van der Waals surface area contributed by atoms with Gasteiger partial charge < -0.3 is 4.74 Å². The molecule has 0 spiro atoms. The Bertz CT molecular complexity index is 548. The molecule has 0 unspecified atom stereocenters. The predicted molar refractivity (Wildman–Crippen MR) is 50.3 cm³/mol. The van der Waals surface area contributed by atoms with Gasteiger partial charge in [-0.25, -0.2) is 18.6 Å². The van der Waals surface area contributed by atoms with Crippen LogP contribution in [0.2, 0.25) is 0 Å². The van der Waals surface area contributed by atoms with E-state index >= 15 is 0 Å². The lowest BCUT2D eigenvalue weighted by atomic mass is 10.0. The van der Waals surface area contributed by atoms with E-state index in [1.807, 2.05) is 0 Å². The minimum absolute atomic E-state index is 0.264. The van der Waals surface area contributed by atoms with Crippen molar-refractivity contribution in [1.82, 2.24) is 4.98 Å². The zero-order valence-electron chi connectivity index (χ0n) is 9.26. The Morgan fingerprint density at radius 3 is 2.42 bits per heavy atom. The van der Waals surface area contributed by atoms with Gasteiger partial charge in [0.1, 0.15) is 17.3 Å². The summed E-state index contributed by atoms with van der Waals surface area (Å²) >= 11 is 0. The number of alkyl halides is 5. The average molecular weight is 280 g/mol. The Balaban J connectivity index is 3.65. The van der Waals surface area contributed by atoms with E-state index in [0.717, 1.165) is 13.2 Å². The number of aromatic nitrogens is 1. The van der Waals surface area contributed by atoms with Crippen LogP contribution >= 0.6 is 0 Å². The fourth-order valence-corrected chi connectivity index (χ4v) is 1.32. The van der Waals surface area contributed by atoms with Gasteiger partial charge in [-0.05, 0) is 6.07 Å². The molecule has 9 heteroatoms. The molecule has 0 aliphatic heterocycles. The number of nitriles is 1. The maximum Gasteiger partial charge on any atom is 0.419 e. The Labute approximate surface area is 103 Å². The van der Waals surface area contributed by atoms with Crippen molar-refractivity contribution in [2.45, 2.75) is 12.6 Å². The zero-order valence-corrected chi connectivity index (χ0v) is 9.26. The van der Waals surface area contributed by atoms with Crippen molar-refractivity contribution in [2.75, 3.05) is 7.11 Å². The lowest BCUT2D eigenvalue weighted by Gasteiger charge is -2.14. The molecular formula is C10H5F5N2O2. The summed E-state index contributed by atoms with van der Waals surface area (Å²) in [4.78, 5) is 14.2. The van der Waals surface area contributed by atoms with Gasteiger partial charge in [0.25, 0.3) is 6.43 Å². The molecule has 102 valence electrons. The summed E-state index contributed by atoms with van der Waals surface area (Å²) in [6.07, 6.45) is -8.70. The van der Waals surface area contributed by atoms with Gasteiger partial charge in [0.2, 0.25) is 0 Å². The third-order valence-corrected chi connectivity index (χ3v) is 2.07. The van der Waals surface area contributed by atoms with Crippen molar-refractivity contribution in [3.05, 3.63) is 28.6 Å². The largest absolute Gasteiger partial charge is 0.464 e. The van der Waals surface area contributed by atoms with E-state index in [4.69, 9.17) is 5.26 Å². The van der Waals surface area contributed by atoms with Gasteiger partial charge in [0.15, 0.2) is 5.69 Å². The maximum absolute atomic E-state index is 12.6. The van der Waals surface area contributed by atoms with Crippen molar-refractivity contribution >= 4 is 5.97 Å². The lowest BCUT2D eigenvalue weighted by Crippen LogP contribution is -2.17. The number of halogens is 5. The molecule has 0 saturated carbocycles. The second-order valence-corrected chi connectivity index (χ2v) is 3.22. The molecule has 0 aromatic carbocycles. The first kappa shape index (κ1) is 14.8. The van der Waals surface area contributed by atoms with Gasteiger partial charge in [-0.3, -0.25) is 0 Å². The van der Waals surface area contributed by atoms with Crippen LogP contribution in [0.1, 0.15) is 33.7 Å². The van der Waals surface area contributed by atoms with E-state index in [0.29, 0.717) is 0 Å². The van der Waals surface area contributed by atoms with Crippen LogP contribution in [-0.4, -0.2) is 18.1 Å². The smallest absolute Gasteiger partial charge is 0.419 e. The fourth-order valence-electron chi connectivity index (χ4n) is 1.32. The molecule has 0 aliphatic rings. The highest BCUT2D eigenvalue weighted by atomic mass is 19.4. The second-order valence-electron chi connectivity index (χ2n) is 3.22. The SMILES string of the molecule is COC(=O)c1cc(C(F)F)c(C(F)(F)F)c(C#N)n1. The number of methoxy groups -OCH3 is 1. The quantitative estimate of drug-likeness (QED) is 0.617. The van der Waals surface area contributed by atoms with Crippen LogP contribution in [0.3, 0.4) is 0 Å². The van der Waals surface area contributed by atoms with E-state index in [1.165, 1.54) is 0 Å². The van der Waals surface area contributed by atoms with Crippen molar-refractivity contribution in [3.8, 4) is 6.07 Å². The van der Waals surface area contributed by atoms with E-state index in [-0.39, 0.29) is 6.07 Å². The highest BCUT2D eigenvalue weighted by Gasteiger charge is 2.40. The van der Waals surface area contributed by atoms with Gasteiger partial charge in [0.05, 0.1) is 7.11 Å². The maximum atomic E-state index is 12.6. The highest BCUT2D eigenvalue weighted by Crippen LogP contribution is 2.38. The van der Waals surface area contributed by atoms with Crippen LogP contribution in [0.25, 0.3) is 0 Å². The number of hydrogen-bond acceptors (Lipinski definition) is 4. The van der Waals surface area contributed by atoms with Crippen LogP contribution in [0.5, 0.6) is 0 Å². The lowest BCUT2D eigenvalue weighted by molar-refractivity contribution is -0.140. The van der Waals surface area contributed by atoms with Crippen LogP contribution in [0.4, 0.5) is 22.0 Å². The third kappa shape index (κ3) is 2.96. The van der Waals surface area contributed by atoms with Crippen molar-refractivity contribution in [1.29, 1.82) is 5.26 Å². The van der Waals surface area contributed by atoms with Gasteiger partial charge in [0, 0.05) is 5.56 Å². The summed E-state index contributed by atoms with van der Waals surface area (Å²) in [7, 11) is 0.899. The van der Waals surface area contributed by atoms with Gasteiger partial charge in [-0.1, -0.05) is 0 Å². The molecule has 1 aromatic rings. The summed E-state index contributed by atoms with van der Waals surface area (Å²) in [5, 5.41) is 8.56. The first-order valence-electron chi connectivity index (χ1n) is 4.61. The van der Waals surface area contributed by atoms with E-state index in [9.17, 15) is 26.7 Å². The van der Waals surface area contributed by atoms with Crippen molar-refractivity contribution in [3.63, 3.8) is 0 Å². The summed E-state index contributed by atoms with van der Waals surface area (Å²) in [5.74, 6) is -1.22. The second kappa shape index (κ2) is 5.17. The molecule has 4 nitrogen and oxygen atoms in total. The van der Waals surface area contributed by atoms with E-state index in [2.05, 4.69) is 9.72 Å². The molecular weight excluding hydrogens is 275 g/mol. The summed E-state index contributed by atoms with van der Waals surface area (Å²) in [6, 6.07) is 1.31. The highest BCUT2D eigenvalue weighted by molar-refractivity contribution is 5.87. The molecule has 0 N–H and O–H groups in total. The van der Waals surface area contributed by atoms with E-state index < -0.39 is 41.1 Å². The first-order valence-corrected chi connectivity index (χ1v) is 4.61. The van der Waals surface area contributed by atoms with Crippen LogP contribution < -0.4 is 0 Å². The van der Waals surface area contributed by atoms with Crippen LogP contribution in [0, 0.1) is 11.3 Å². The molecule has 0 atom stereocenters. The Morgan fingerprint density at radius 1 is 1.47 bits per heavy atom. The molecule has 0 saturated heterocycles. The standard InChI is InChI=1S/C10H5F5N2O2/c1-19-9(18)5-2-4(8(11)12)7(10(13,14)15)6(3-16)17-5/h2,8H,1H3. The molecule has 19 heavy (non-hydrogen) atoms. The minimum atomic E-state index is -5.18. The summed E-state index contributed by atoms with van der Waals surface area (Å²) in [6.45, 7) is 0. The van der Waals surface area contributed by atoms with Crippen molar-refractivity contribution < 1.29 is 31.5 Å². The number of rotatable bonds is 2. The number of esters is 1. The Kier molecular flexibility index (Phi) is 4.04. The molecule has 0 bridgehead atoms. The molecule has 0 amide bonds. The normalized spacial score (nSPS) is 11.3. The fraction of sp³-hybridized carbons (Fsp3) is 0.300. The minimum Gasteiger partial charge on any atom is -0.464 e. The number of carbonyl (C=O) groups excluding carboxylic acids is 1. The summed E-state index contributed by atoms with van der Waals surface area (Å²) < 4.78 is 67.3. The van der Waals surface area contributed by atoms with Crippen LogP contribution in [0.15, 0.2) is 6.07 Å². The molecule has 1 rings (SSSR count). The number of nitrogens with zero attached hydrogens (tertiary/aromatic N) is 2. The van der Waals surface area contributed by atoms with Gasteiger partial charge in [-0.2, -0.15) is 18.4 Å². The molecule has 0 fully saturated rings. The zero-order chi connectivity index (χ0) is 14.8. The number of hydrogen-bond donors (Lipinski definition) is 0. The summed E-state index contributed by atoms with van der Waals surface area (Å²) in [5.41, 5.74) is -5.43. The predicted octanol–water partition coefficient (Wildman–Crippen LogP) is 2.70. The average Bonchev–Trinajstić information content (AvgIpc) is 2.34. The molecule has 0 radical (unpaired) electrons. The molecule has 1 aromatic heterocycles. The first-order chi connectivity index (χ1) is 8.72. The third-order valence-electron chi connectivity index (χ3n) is 2.07. The molecule has 1 heterocycles. The van der Waals surface area contributed by atoms with E-state index in [1.54, 1.807) is 0 Å². The van der Waals surface area contributed by atoms with Crippen molar-refractivity contribution in [2.24, 2.45) is 0 Å². The number of ether oxygens (including phenoxy) is 1. The monoisotopic (exact) mass is 280 g/mol. The van der Waals surface area contributed by atoms with Gasteiger partial charge in [-0.15, -0.1) is 0 Å². The van der Waals surface area contributed by atoms with Crippen LogP contribution in [-0.2, 0) is 10.9 Å². The number of pyridine rings is 1. The molecule has 0 aliphatic carbocycles. The topological polar surface area (TPSA) is 63.0 Å². The Hall–Kier alpha value is -2.24. The Morgan fingerprint density at radius 2 is 2.05 bits per heavy atom.